The van der Waals surface area contributed by atoms with Crippen LogP contribution in [-0.4, -0.2) is 36.2 Å². The van der Waals surface area contributed by atoms with Crippen molar-refractivity contribution in [3.63, 3.8) is 0 Å². The van der Waals surface area contributed by atoms with E-state index in [1.54, 1.807) is 55.6 Å². The molecule has 2 amide bonds. The van der Waals surface area contributed by atoms with Crippen molar-refractivity contribution in [1.29, 1.82) is 0 Å². The van der Waals surface area contributed by atoms with Gasteiger partial charge in [0, 0.05) is 40.8 Å². The molecule has 3 aromatic carbocycles. The van der Waals surface area contributed by atoms with Crippen LogP contribution >= 0.6 is 11.6 Å². The van der Waals surface area contributed by atoms with Crippen molar-refractivity contribution in [1.82, 2.24) is 15.3 Å². The molecule has 1 aromatic heterocycles. The van der Waals surface area contributed by atoms with E-state index in [9.17, 15) is 9.18 Å². The topological polar surface area (TPSA) is 88.2 Å². The second-order valence-electron chi connectivity index (χ2n) is 7.10. The summed E-state index contributed by atoms with van der Waals surface area (Å²) in [5.74, 6) is 1.35. The zero-order valence-corrected chi connectivity index (χ0v) is 18.5. The third-order valence-electron chi connectivity index (χ3n) is 4.79. The summed E-state index contributed by atoms with van der Waals surface area (Å²) in [5.41, 5.74) is 1.96. The first-order chi connectivity index (χ1) is 16.0. The van der Waals surface area contributed by atoms with Gasteiger partial charge in [-0.05, 0) is 54.6 Å². The van der Waals surface area contributed by atoms with Gasteiger partial charge in [0.15, 0.2) is 5.82 Å². The van der Waals surface area contributed by atoms with Gasteiger partial charge in [-0.25, -0.2) is 19.2 Å². The fourth-order valence-electron chi connectivity index (χ4n) is 3.20. The maximum Gasteiger partial charge on any atom is 0.319 e. The number of benzene rings is 3. The molecule has 0 aliphatic carbocycles. The summed E-state index contributed by atoms with van der Waals surface area (Å²) in [6, 6.07) is 18.1. The standard InChI is InChI=1S/C24H21ClFN5O2/c1-33-19-4-2-3-18(14-19)29-24(32)28-12-11-27-23-20-10-7-16(25)13-21(20)30-22(31-23)15-5-8-17(26)9-6-15/h2-10,13-14H,11-12H2,1H3,(H,27,30,31)(H2,28,29,32). The molecule has 0 aliphatic heterocycles. The molecule has 0 unspecified atom stereocenters. The molecular weight excluding hydrogens is 445 g/mol. The molecule has 4 rings (SSSR count). The summed E-state index contributed by atoms with van der Waals surface area (Å²) >= 11 is 6.14. The van der Waals surface area contributed by atoms with Crippen LogP contribution in [0.2, 0.25) is 5.02 Å². The van der Waals surface area contributed by atoms with Gasteiger partial charge in [-0.1, -0.05) is 17.7 Å². The Morgan fingerprint density at radius 3 is 2.64 bits per heavy atom. The third kappa shape index (κ3) is 5.67. The highest BCUT2D eigenvalue weighted by Gasteiger charge is 2.11. The maximum absolute atomic E-state index is 13.3. The lowest BCUT2D eigenvalue weighted by Crippen LogP contribution is -2.32. The number of hydrogen-bond donors (Lipinski definition) is 3. The number of aromatic nitrogens is 2. The van der Waals surface area contributed by atoms with E-state index in [0.717, 1.165) is 5.39 Å². The fourth-order valence-corrected chi connectivity index (χ4v) is 3.36. The van der Waals surface area contributed by atoms with Crippen LogP contribution in [0, 0.1) is 5.82 Å². The van der Waals surface area contributed by atoms with Crippen molar-refractivity contribution < 1.29 is 13.9 Å². The van der Waals surface area contributed by atoms with Gasteiger partial charge in [-0.15, -0.1) is 0 Å². The zero-order chi connectivity index (χ0) is 23.2. The van der Waals surface area contributed by atoms with E-state index in [1.807, 2.05) is 6.07 Å². The number of hydrogen-bond acceptors (Lipinski definition) is 5. The first kappa shape index (κ1) is 22.3. The number of halogens is 2. The van der Waals surface area contributed by atoms with Gasteiger partial charge in [-0.2, -0.15) is 0 Å². The van der Waals surface area contributed by atoms with Crippen LogP contribution in [0.25, 0.3) is 22.3 Å². The average molecular weight is 466 g/mol. The molecule has 7 nitrogen and oxygen atoms in total. The lowest BCUT2D eigenvalue weighted by Gasteiger charge is -2.12. The molecule has 0 saturated heterocycles. The minimum atomic E-state index is -0.337. The number of carbonyl (C=O) groups is 1. The summed E-state index contributed by atoms with van der Waals surface area (Å²) < 4.78 is 18.5. The van der Waals surface area contributed by atoms with E-state index in [1.165, 1.54) is 12.1 Å². The molecule has 1 heterocycles. The van der Waals surface area contributed by atoms with Gasteiger partial charge in [0.25, 0.3) is 0 Å². The van der Waals surface area contributed by atoms with Gasteiger partial charge < -0.3 is 20.7 Å². The summed E-state index contributed by atoms with van der Waals surface area (Å²) in [7, 11) is 1.57. The molecular formula is C24H21ClFN5O2. The predicted octanol–water partition coefficient (Wildman–Crippen LogP) is 5.33. The molecule has 0 bridgehead atoms. The number of anilines is 2. The molecule has 0 radical (unpaired) electrons. The summed E-state index contributed by atoms with van der Waals surface area (Å²) in [6.45, 7) is 0.768. The molecule has 0 spiro atoms. The monoisotopic (exact) mass is 465 g/mol. The van der Waals surface area contributed by atoms with Crippen LogP contribution in [0.1, 0.15) is 0 Å². The van der Waals surface area contributed by atoms with Crippen LogP contribution in [0.4, 0.5) is 20.7 Å². The van der Waals surface area contributed by atoms with Crippen LogP contribution in [0.3, 0.4) is 0 Å². The minimum Gasteiger partial charge on any atom is -0.497 e. The summed E-state index contributed by atoms with van der Waals surface area (Å²) in [5, 5.41) is 10.1. The van der Waals surface area contributed by atoms with Crippen molar-refractivity contribution in [3.8, 4) is 17.1 Å². The highest BCUT2D eigenvalue weighted by molar-refractivity contribution is 6.31. The van der Waals surface area contributed by atoms with Crippen LogP contribution in [0.5, 0.6) is 5.75 Å². The lowest BCUT2D eigenvalue weighted by atomic mass is 10.2. The third-order valence-corrected chi connectivity index (χ3v) is 5.03. The van der Waals surface area contributed by atoms with Gasteiger partial charge in [-0.3, -0.25) is 0 Å². The molecule has 0 saturated carbocycles. The molecule has 0 fully saturated rings. The lowest BCUT2D eigenvalue weighted by molar-refractivity contribution is 0.252. The van der Waals surface area contributed by atoms with Crippen molar-refractivity contribution in [3.05, 3.63) is 77.6 Å². The molecule has 0 atom stereocenters. The molecule has 33 heavy (non-hydrogen) atoms. The Hall–Kier alpha value is -3.91. The smallest absolute Gasteiger partial charge is 0.319 e. The molecule has 168 valence electrons. The molecule has 9 heteroatoms. The van der Waals surface area contributed by atoms with Crippen molar-refractivity contribution in [2.45, 2.75) is 0 Å². The SMILES string of the molecule is COc1cccc(NC(=O)NCCNc2nc(-c3ccc(F)cc3)nc3cc(Cl)ccc23)c1. The Kier molecular flexibility index (Phi) is 6.85. The number of carbonyl (C=O) groups excluding carboxylic acids is 1. The number of rotatable bonds is 7. The Bertz CT molecular complexity index is 1280. The molecule has 4 aromatic rings. The fraction of sp³-hybridized carbons (Fsp3) is 0.125. The van der Waals surface area contributed by atoms with Crippen LogP contribution in [0.15, 0.2) is 66.7 Å². The largest absolute Gasteiger partial charge is 0.497 e. The van der Waals surface area contributed by atoms with Gasteiger partial charge >= 0.3 is 6.03 Å². The quantitative estimate of drug-likeness (QED) is 0.321. The number of nitrogens with zero attached hydrogens (tertiary/aromatic N) is 2. The highest BCUT2D eigenvalue weighted by atomic mass is 35.5. The summed E-state index contributed by atoms with van der Waals surface area (Å²) in [6.07, 6.45) is 0. The van der Waals surface area contributed by atoms with Gasteiger partial charge in [0.05, 0.1) is 12.6 Å². The van der Waals surface area contributed by atoms with Crippen LogP contribution < -0.4 is 20.7 Å². The molecule has 3 N–H and O–H groups in total. The van der Waals surface area contributed by atoms with E-state index >= 15 is 0 Å². The highest BCUT2D eigenvalue weighted by Crippen LogP contribution is 2.27. The van der Waals surface area contributed by atoms with Gasteiger partial charge in [0.1, 0.15) is 17.4 Å². The average Bonchev–Trinajstić information content (AvgIpc) is 2.82. The number of methoxy groups -OCH3 is 1. The van der Waals surface area contributed by atoms with E-state index in [4.69, 9.17) is 16.3 Å². The van der Waals surface area contributed by atoms with E-state index in [-0.39, 0.29) is 11.8 Å². The van der Waals surface area contributed by atoms with Crippen molar-refractivity contribution in [2.24, 2.45) is 0 Å². The number of urea groups is 1. The normalized spacial score (nSPS) is 10.6. The minimum absolute atomic E-state index is 0.334. The van der Waals surface area contributed by atoms with Crippen molar-refractivity contribution in [2.75, 3.05) is 30.8 Å². The maximum atomic E-state index is 13.3. The van der Waals surface area contributed by atoms with E-state index < -0.39 is 0 Å². The second-order valence-corrected chi connectivity index (χ2v) is 7.54. The van der Waals surface area contributed by atoms with Crippen LogP contribution in [-0.2, 0) is 0 Å². The van der Waals surface area contributed by atoms with E-state index in [0.29, 0.717) is 52.3 Å². The first-order valence-corrected chi connectivity index (χ1v) is 10.6. The first-order valence-electron chi connectivity index (χ1n) is 10.2. The summed E-state index contributed by atoms with van der Waals surface area (Å²) in [4.78, 5) is 21.3. The Labute approximate surface area is 195 Å². The zero-order valence-electron chi connectivity index (χ0n) is 17.7. The second kappa shape index (κ2) is 10.1. The van der Waals surface area contributed by atoms with Crippen molar-refractivity contribution >= 4 is 40.0 Å². The number of ether oxygens (including phenoxy) is 1. The number of amides is 2. The molecule has 0 aliphatic rings. The van der Waals surface area contributed by atoms with E-state index in [2.05, 4.69) is 25.9 Å². The van der Waals surface area contributed by atoms with Gasteiger partial charge in [0.2, 0.25) is 0 Å². The Balaban J connectivity index is 1.44. The number of fused-ring (bicyclic) bond motifs is 1. The predicted molar refractivity (Wildman–Crippen MR) is 128 cm³/mol. The Morgan fingerprint density at radius 2 is 1.85 bits per heavy atom. The number of nitrogens with one attached hydrogen (secondary N) is 3. The Morgan fingerprint density at radius 1 is 1.03 bits per heavy atom.